The van der Waals surface area contributed by atoms with Crippen molar-refractivity contribution in [2.24, 2.45) is 4.99 Å². The van der Waals surface area contributed by atoms with Gasteiger partial charge in [0.25, 0.3) is 0 Å². The second-order valence-electron chi connectivity index (χ2n) is 5.82. The van der Waals surface area contributed by atoms with Gasteiger partial charge >= 0.3 is 0 Å². The van der Waals surface area contributed by atoms with Crippen LogP contribution >= 0.6 is 0 Å². The molecule has 4 rings (SSSR count). The fraction of sp³-hybridized carbons (Fsp3) is 0.211. The average molecular weight is 289 g/mol. The molecule has 2 aliphatic heterocycles. The van der Waals surface area contributed by atoms with Gasteiger partial charge in [-0.3, -0.25) is 10.3 Å². The predicted molar refractivity (Wildman–Crippen MR) is 90.9 cm³/mol. The minimum absolute atomic E-state index is 0.154. The molecule has 2 aliphatic rings. The molecular weight excluding hydrogens is 270 g/mol. The van der Waals surface area contributed by atoms with Crippen molar-refractivity contribution in [3.8, 4) is 11.1 Å². The first-order valence-corrected chi connectivity index (χ1v) is 7.70. The molecule has 0 aromatic heterocycles. The molecule has 0 aliphatic carbocycles. The molecule has 2 aromatic carbocycles. The summed E-state index contributed by atoms with van der Waals surface area (Å²) in [4.78, 5) is 4.33. The van der Waals surface area contributed by atoms with Crippen LogP contribution in [0.5, 0.6) is 0 Å². The first-order chi connectivity index (χ1) is 10.8. The Morgan fingerprint density at radius 2 is 1.91 bits per heavy atom. The first kappa shape index (κ1) is 13.3. The highest BCUT2D eigenvalue weighted by Gasteiger charge is 2.30. The normalized spacial score (nSPS) is 22.9. The molecule has 2 unspecified atom stereocenters. The molecule has 0 radical (unpaired) electrons. The van der Waals surface area contributed by atoms with Crippen LogP contribution in [-0.2, 0) is 0 Å². The van der Waals surface area contributed by atoms with E-state index in [-0.39, 0.29) is 6.17 Å². The lowest BCUT2D eigenvalue weighted by Crippen LogP contribution is -2.29. The smallest absolute Gasteiger partial charge is 0.104 e. The molecule has 1 saturated heterocycles. The fourth-order valence-corrected chi connectivity index (χ4v) is 3.28. The monoisotopic (exact) mass is 289 g/mol. The molecule has 110 valence electrons. The summed E-state index contributed by atoms with van der Waals surface area (Å²) >= 11 is 0. The van der Waals surface area contributed by atoms with Crippen molar-refractivity contribution in [2.45, 2.75) is 19.1 Å². The van der Waals surface area contributed by atoms with Crippen LogP contribution in [0.3, 0.4) is 0 Å². The van der Waals surface area contributed by atoms with Gasteiger partial charge < -0.3 is 5.32 Å². The number of aliphatic imine (C=N–C) groups is 1. The van der Waals surface area contributed by atoms with Crippen molar-refractivity contribution in [2.75, 3.05) is 6.54 Å². The van der Waals surface area contributed by atoms with Crippen molar-refractivity contribution in [3.63, 3.8) is 0 Å². The third-order valence-electron chi connectivity index (χ3n) is 4.47. The van der Waals surface area contributed by atoms with E-state index in [1.807, 2.05) is 6.21 Å². The zero-order chi connectivity index (χ0) is 14.9. The Morgan fingerprint density at radius 3 is 2.73 bits per heavy atom. The van der Waals surface area contributed by atoms with E-state index < -0.39 is 0 Å². The topological polar surface area (TPSA) is 36.4 Å². The number of allylic oxidation sites excluding steroid dienone is 1. The SMILES string of the molecule is Cc1c(-c2ccccc2)cccc1C1NC2=CC=NCC2N1. The highest BCUT2D eigenvalue weighted by Crippen LogP contribution is 2.30. The van der Waals surface area contributed by atoms with E-state index in [1.54, 1.807) is 0 Å². The minimum Gasteiger partial charge on any atom is -0.368 e. The standard InChI is InChI=1S/C19H19N3/c1-13-15(14-6-3-2-4-7-14)8-5-9-16(13)19-21-17-10-11-20-12-18(17)22-19/h2-11,18-19,21-22H,12H2,1H3. The van der Waals surface area contributed by atoms with Gasteiger partial charge in [0.15, 0.2) is 0 Å². The molecule has 3 nitrogen and oxygen atoms in total. The number of dihydropyridines is 1. The summed E-state index contributed by atoms with van der Waals surface area (Å²) in [5.74, 6) is 0. The number of fused-ring (bicyclic) bond motifs is 1. The van der Waals surface area contributed by atoms with Crippen LogP contribution in [0.4, 0.5) is 0 Å². The number of nitrogens with one attached hydrogen (secondary N) is 2. The summed E-state index contributed by atoms with van der Waals surface area (Å²) in [6.07, 6.45) is 4.11. The van der Waals surface area contributed by atoms with Crippen molar-refractivity contribution in [1.82, 2.24) is 10.6 Å². The van der Waals surface area contributed by atoms with Crippen molar-refractivity contribution in [3.05, 3.63) is 71.4 Å². The number of hydrogen-bond acceptors (Lipinski definition) is 3. The molecule has 3 heteroatoms. The van der Waals surface area contributed by atoms with Crippen molar-refractivity contribution < 1.29 is 0 Å². The molecule has 0 spiro atoms. The van der Waals surface area contributed by atoms with Crippen LogP contribution in [0, 0.1) is 6.92 Å². The highest BCUT2D eigenvalue weighted by atomic mass is 15.2. The fourth-order valence-electron chi connectivity index (χ4n) is 3.28. The molecule has 2 N–H and O–H groups in total. The number of benzene rings is 2. The predicted octanol–water partition coefficient (Wildman–Crippen LogP) is 3.19. The van der Waals surface area contributed by atoms with Gasteiger partial charge in [-0.15, -0.1) is 0 Å². The second-order valence-corrected chi connectivity index (χ2v) is 5.82. The highest BCUT2D eigenvalue weighted by molar-refractivity contribution is 5.74. The summed E-state index contributed by atoms with van der Waals surface area (Å²) in [5, 5.41) is 7.22. The lowest BCUT2D eigenvalue weighted by Gasteiger charge is -2.18. The maximum absolute atomic E-state index is 4.33. The van der Waals surface area contributed by atoms with E-state index in [0.717, 1.165) is 6.54 Å². The maximum atomic E-state index is 4.33. The van der Waals surface area contributed by atoms with E-state index in [4.69, 9.17) is 0 Å². The quantitative estimate of drug-likeness (QED) is 0.891. The van der Waals surface area contributed by atoms with Gasteiger partial charge in [0.2, 0.25) is 0 Å². The van der Waals surface area contributed by atoms with E-state index in [1.165, 1.54) is 28.0 Å². The van der Waals surface area contributed by atoms with Gasteiger partial charge in [0.1, 0.15) is 6.17 Å². The zero-order valence-electron chi connectivity index (χ0n) is 12.6. The zero-order valence-corrected chi connectivity index (χ0v) is 12.6. The van der Waals surface area contributed by atoms with Gasteiger partial charge in [-0.05, 0) is 35.3 Å². The number of nitrogens with zero attached hydrogens (tertiary/aromatic N) is 1. The molecule has 2 atom stereocenters. The Balaban J connectivity index is 1.69. The molecule has 22 heavy (non-hydrogen) atoms. The van der Waals surface area contributed by atoms with Crippen LogP contribution in [0.25, 0.3) is 11.1 Å². The van der Waals surface area contributed by atoms with E-state index in [9.17, 15) is 0 Å². The molecule has 0 bridgehead atoms. The number of rotatable bonds is 2. The van der Waals surface area contributed by atoms with Crippen LogP contribution in [-0.4, -0.2) is 18.8 Å². The number of hydrogen-bond donors (Lipinski definition) is 2. The summed E-state index contributed by atoms with van der Waals surface area (Å²) in [6, 6.07) is 17.4. The van der Waals surface area contributed by atoms with Gasteiger partial charge in [-0.1, -0.05) is 48.5 Å². The Hall–Kier alpha value is -2.39. The Labute approximate surface area is 130 Å². The van der Waals surface area contributed by atoms with Crippen molar-refractivity contribution >= 4 is 6.21 Å². The van der Waals surface area contributed by atoms with Crippen LogP contribution < -0.4 is 10.6 Å². The second kappa shape index (κ2) is 5.43. The Bertz CT molecular complexity index is 747. The van der Waals surface area contributed by atoms with Gasteiger partial charge in [-0.25, -0.2) is 0 Å². The summed E-state index contributed by atoms with van der Waals surface area (Å²) < 4.78 is 0. The van der Waals surface area contributed by atoms with Crippen LogP contribution in [0.15, 0.2) is 65.3 Å². The van der Waals surface area contributed by atoms with E-state index in [2.05, 4.69) is 77.2 Å². The summed E-state index contributed by atoms with van der Waals surface area (Å²) in [7, 11) is 0. The van der Waals surface area contributed by atoms with Gasteiger partial charge in [0.05, 0.1) is 12.6 Å². The average Bonchev–Trinajstić information content (AvgIpc) is 2.99. The molecular formula is C19H19N3. The van der Waals surface area contributed by atoms with Crippen molar-refractivity contribution in [1.29, 1.82) is 0 Å². The van der Waals surface area contributed by atoms with E-state index >= 15 is 0 Å². The largest absolute Gasteiger partial charge is 0.368 e. The molecule has 0 amide bonds. The third-order valence-corrected chi connectivity index (χ3v) is 4.47. The molecule has 2 aromatic rings. The van der Waals surface area contributed by atoms with Gasteiger partial charge in [-0.2, -0.15) is 0 Å². The minimum atomic E-state index is 0.154. The lowest BCUT2D eigenvalue weighted by molar-refractivity contribution is 0.545. The maximum Gasteiger partial charge on any atom is 0.104 e. The summed E-state index contributed by atoms with van der Waals surface area (Å²) in [5.41, 5.74) is 6.42. The van der Waals surface area contributed by atoms with E-state index in [0.29, 0.717) is 6.04 Å². The molecule has 1 fully saturated rings. The first-order valence-electron chi connectivity index (χ1n) is 7.70. The van der Waals surface area contributed by atoms with Crippen LogP contribution in [0.1, 0.15) is 17.3 Å². The third kappa shape index (κ3) is 2.24. The Morgan fingerprint density at radius 1 is 1.05 bits per heavy atom. The summed E-state index contributed by atoms with van der Waals surface area (Å²) in [6.45, 7) is 3.01. The lowest BCUT2D eigenvalue weighted by atomic mass is 9.95. The van der Waals surface area contributed by atoms with Gasteiger partial charge in [0, 0.05) is 11.9 Å². The molecule has 2 heterocycles. The Kier molecular flexibility index (Phi) is 3.28. The van der Waals surface area contributed by atoms with Crippen LogP contribution in [0.2, 0.25) is 0 Å². The molecule has 0 saturated carbocycles.